The van der Waals surface area contributed by atoms with Gasteiger partial charge in [0.15, 0.2) is 5.60 Å². The second-order valence-corrected chi connectivity index (χ2v) is 14.0. The number of thiazole rings is 1. The van der Waals surface area contributed by atoms with E-state index in [1.807, 2.05) is 32.0 Å². The molecule has 3 atom stereocenters. The average Bonchev–Trinajstić information content (AvgIpc) is 3.92. The van der Waals surface area contributed by atoms with E-state index in [-0.39, 0.29) is 40.5 Å². The Bertz CT molecular complexity index is 2210. The first-order valence-corrected chi connectivity index (χ1v) is 17.7. The van der Waals surface area contributed by atoms with Gasteiger partial charge in [0, 0.05) is 27.7 Å². The topological polar surface area (TPSA) is 123 Å². The molecular formula is C38H34BrF5N6O4S. The largest absolute Gasteiger partial charge is 1.00 e. The zero-order valence-electron chi connectivity index (χ0n) is 29.7. The lowest BCUT2D eigenvalue weighted by Gasteiger charge is -2.36. The minimum Gasteiger partial charge on any atom is -1.00 e. The van der Waals surface area contributed by atoms with Crippen molar-refractivity contribution < 1.29 is 62.6 Å². The highest BCUT2D eigenvalue weighted by atomic mass is 79.9. The fourth-order valence-electron chi connectivity index (χ4n) is 6.55. The number of benzene rings is 3. The van der Waals surface area contributed by atoms with E-state index in [0.717, 1.165) is 42.0 Å². The first-order valence-electron chi connectivity index (χ1n) is 16.8. The Morgan fingerprint density at radius 1 is 1.11 bits per heavy atom. The van der Waals surface area contributed by atoms with Crippen LogP contribution in [0.4, 0.5) is 22.0 Å². The molecule has 5 aromatic rings. The molecule has 1 aliphatic heterocycles. The van der Waals surface area contributed by atoms with Crippen LogP contribution in [0, 0.1) is 36.8 Å². The second kappa shape index (κ2) is 16.8. The van der Waals surface area contributed by atoms with E-state index in [1.165, 1.54) is 24.3 Å². The lowest BCUT2D eigenvalue weighted by Crippen LogP contribution is -3.00. The third kappa shape index (κ3) is 9.09. The van der Waals surface area contributed by atoms with Gasteiger partial charge in [-0.15, -0.1) is 16.0 Å². The Morgan fingerprint density at radius 3 is 2.44 bits per heavy atom. The van der Waals surface area contributed by atoms with Crippen molar-refractivity contribution >= 4 is 23.3 Å². The Hall–Kier alpha value is -5.05. The van der Waals surface area contributed by atoms with E-state index in [1.54, 1.807) is 34.2 Å². The summed E-state index contributed by atoms with van der Waals surface area (Å²) in [6.07, 6.45) is -1.03. The maximum atomic E-state index is 15.8. The van der Waals surface area contributed by atoms with Crippen molar-refractivity contribution in [2.75, 3.05) is 6.54 Å². The summed E-state index contributed by atoms with van der Waals surface area (Å²) in [6.45, 7) is 5.41. The first kappa shape index (κ1) is 41.1. The maximum Gasteiger partial charge on any atom is 0.490 e. The number of aryl methyl sites for hydroxylation is 2. The van der Waals surface area contributed by atoms with E-state index < -0.39 is 47.4 Å². The normalized spacial score (nSPS) is 15.7. The van der Waals surface area contributed by atoms with Crippen molar-refractivity contribution in [3.63, 3.8) is 0 Å². The molecule has 3 heterocycles. The number of nitriles is 1. The molecule has 2 aromatic heterocycles. The molecule has 0 spiro atoms. The summed E-state index contributed by atoms with van der Waals surface area (Å²) >= 11 is 1.04. The SMILES string of the molecule is Cc1cc(C[n+]2cnn(C[C@](OC(=O)C(F)(F)F)(c3ccc(F)cc3F)[C@@H](C)c3nc(-c4ccc(C#N)cc4)cs3)c2)cc(C)c1OC(=O)C1CCCN1.[Br-]. The van der Waals surface area contributed by atoms with Gasteiger partial charge in [-0.3, -0.25) is 0 Å². The minimum absolute atomic E-state index is 0. The van der Waals surface area contributed by atoms with Gasteiger partial charge in [0.05, 0.1) is 29.8 Å². The summed E-state index contributed by atoms with van der Waals surface area (Å²) in [4.78, 5) is 29.9. The van der Waals surface area contributed by atoms with Crippen LogP contribution < -0.4 is 31.6 Å². The van der Waals surface area contributed by atoms with Gasteiger partial charge in [-0.1, -0.05) is 19.1 Å². The Kier molecular flexibility index (Phi) is 12.5. The third-order valence-corrected chi connectivity index (χ3v) is 10.3. The summed E-state index contributed by atoms with van der Waals surface area (Å²) < 4.78 is 85.6. The average molecular weight is 846 g/mol. The zero-order valence-corrected chi connectivity index (χ0v) is 32.1. The molecule has 0 bridgehead atoms. The quantitative estimate of drug-likeness (QED) is 0.0928. The van der Waals surface area contributed by atoms with Crippen LogP contribution >= 0.6 is 11.3 Å². The number of nitrogens with zero attached hydrogens (tertiary/aromatic N) is 5. The molecule has 1 aliphatic rings. The molecule has 0 saturated carbocycles. The minimum atomic E-state index is -5.47. The fourth-order valence-corrected chi connectivity index (χ4v) is 7.52. The zero-order chi connectivity index (χ0) is 38.8. The van der Waals surface area contributed by atoms with Crippen LogP contribution in [0.5, 0.6) is 5.75 Å². The number of ether oxygens (including phenoxy) is 2. The monoisotopic (exact) mass is 844 g/mol. The number of alkyl halides is 3. The van der Waals surface area contributed by atoms with Crippen molar-refractivity contribution in [2.45, 2.75) is 70.4 Å². The molecule has 1 N–H and O–H groups in total. The highest BCUT2D eigenvalue weighted by Gasteiger charge is 2.53. The Morgan fingerprint density at radius 2 is 1.82 bits per heavy atom. The smallest absolute Gasteiger partial charge is 0.490 e. The third-order valence-electron chi connectivity index (χ3n) is 9.25. The number of hydrogen-bond donors (Lipinski definition) is 1. The summed E-state index contributed by atoms with van der Waals surface area (Å²) in [5.74, 6) is -5.95. The molecule has 0 radical (unpaired) electrons. The van der Waals surface area contributed by atoms with Crippen molar-refractivity contribution in [3.05, 3.63) is 117 Å². The van der Waals surface area contributed by atoms with Crippen molar-refractivity contribution in [3.8, 4) is 23.1 Å². The second-order valence-electron chi connectivity index (χ2n) is 13.1. The molecule has 6 rings (SSSR count). The number of esters is 2. The summed E-state index contributed by atoms with van der Waals surface area (Å²) in [5, 5.41) is 18.4. The Labute approximate surface area is 327 Å². The number of carbonyl (C=O) groups excluding carboxylic acids is 2. The number of hydrogen-bond acceptors (Lipinski definition) is 9. The van der Waals surface area contributed by atoms with Crippen LogP contribution in [-0.4, -0.2) is 45.5 Å². The molecular weight excluding hydrogens is 811 g/mol. The van der Waals surface area contributed by atoms with Crippen molar-refractivity contribution in [1.29, 1.82) is 5.26 Å². The lowest BCUT2D eigenvalue weighted by molar-refractivity contribution is -0.689. The molecule has 288 valence electrons. The molecule has 55 heavy (non-hydrogen) atoms. The molecule has 0 aliphatic carbocycles. The number of halogens is 6. The van der Waals surface area contributed by atoms with Gasteiger partial charge in [-0.2, -0.15) is 18.4 Å². The van der Waals surface area contributed by atoms with Gasteiger partial charge in [0.1, 0.15) is 35.0 Å². The van der Waals surface area contributed by atoms with Crippen LogP contribution in [0.2, 0.25) is 0 Å². The number of carbonyl (C=O) groups is 2. The van der Waals surface area contributed by atoms with Crippen LogP contribution in [-0.2, 0) is 33.0 Å². The van der Waals surface area contributed by atoms with Gasteiger partial charge in [0.2, 0.25) is 6.33 Å². The lowest BCUT2D eigenvalue weighted by atomic mass is 9.81. The van der Waals surface area contributed by atoms with E-state index in [4.69, 9.17) is 14.7 Å². The number of aromatic nitrogens is 4. The van der Waals surface area contributed by atoms with Crippen molar-refractivity contribution in [1.82, 2.24) is 20.1 Å². The fraction of sp³-hybridized carbons (Fsp3) is 0.316. The van der Waals surface area contributed by atoms with Gasteiger partial charge in [0.25, 0.3) is 6.33 Å². The number of rotatable bonds is 11. The van der Waals surface area contributed by atoms with E-state index in [0.29, 0.717) is 46.2 Å². The molecule has 3 aromatic carbocycles. The van der Waals surface area contributed by atoms with E-state index in [2.05, 4.69) is 15.4 Å². The van der Waals surface area contributed by atoms with Gasteiger partial charge in [-0.25, -0.2) is 27.9 Å². The van der Waals surface area contributed by atoms with Crippen molar-refractivity contribution in [2.24, 2.45) is 0 Å². The molecule has 1 saturated heterocycles. The maximum absolute atomic E-state index is 15.8. The summed E-state index contributed by atoms with van der Waals surface area (Å²) in [7, 11) is 0. The molecule has 10 nitrogen and oxygen atoms in total. The molecule has 1 fully saturated rings. The van der Waals surface area contributed by atoms with E-state index in [9.17, 15) is 27.2 Å². The predicted octanol–water partition coefficient (Wildman–Crippen LogP) is 3.58. The predicted molar refractivity (Wildman–Crippen MR) is 185 cm³/mol. The highest BCUT2D eigenvalue weighted by Crippen LogP contribution is 2.45. The van der Waals surface area contributed by atoms with Gasteiger partial charge < -0.3 is 31.8 Å². The Balaban J connectivity index is 0.00000580. The standard InChI is InChI=1S/C38H34F5N6O4S.BrH/c1-22-13-26(14-23(2)33(22)52-35(50)31-5-4-12-45-31)17-48-20-46-49(21-48)19-37(53-36(51)38(41,42)43,29-11-10-28(39)15-30(29)40)24(3)34-47-32(18-54-34)27-8-6-25(16-44)7-9-27;/h6-11,13-15,18,20-21,24,31,45H,4-5,12,17,19H2,1-3H3;1H/q+1;/p-1/t24-,31?,37+;/m0./s1. The summed E-state index contributed by atoms with van der Waals surface area (Å²) in [6, 6.07) is 14.1. The first-order chi connectivity index (χ1) is 25.7. The van der Waals surface area contributed by atoms with Gasteiger partial charge >= 0.3 is 18.1 Å². The summed E-state index contributed by atoms with van der Waals surface area (Å²) in [5.41, 5.74) is 0.684. The van der Waals surface area contributed by atoms with Crippen LogP contribution in [0.15, 0.2) is 72.6 Å². The molecule has 17 heteroatoms. The van der Waals surface area contributed by atoms with Gasteiger partial charge in [-0.05, 0) is 86.3 Å². The van der Waals surface area contributed by atoms with Crippen LogP contribution in [0.3, 0.4) is 0 Å². The molecule has 1 unspecified atom stereocenters. The number of nitrogens with one attached hydrogen (secondary N) is 1. The molecule has 0 amide bonds. The van der Waals surface area contributed by atoms with Crippen LogP contribution in [0.25, 0.3) is 11.3 Å². The van der Waals surface area contributed by atoms with Crippen LogP contribution in [0.1, 0.15) is 58.5 Å². The highest BCUT2D eigenvalue weighted by molar-refractivity contribution is 7.10. The van der Waals surface area contributed by atoms with E-state index >= 15 is 4.39 Å².